The smallest absolute Gasteiger partial charge is 0.0361 e. The number of hydrogen-bond acceptors (Lipinski definition) is 1. The molecule has 1 heterocycles. The van der Waals surface area contributed by atoms with Gasteiger partial charge in [0.05, 0.1) is 0 Å². The molecule has 0 N–H and O–H groups in total. The van der Waals surface area contributed by atoms with Crippen LogP contribution in [-0.4, -0.2) is 0 Å². The first-order valence-electron chi connectivity index (χ1n) is 16.8. The lowest BCUT2D eigenvalue weighted by Crippen LogP contribution is -2.14. The van der Waals surface area contributed by atoms with E-state index in [1.54, 1.807) is 0 Å². The minimum absolute atomic E-state index is 0.00450. The second-order valence-electron chi connectivity index (χ2n) is 13.7. The van der Waals surface area contributed by atoms with E-state index >= 15 is 0 Å². The van der Waals surface area contributed by atoms with Gasteiger partial charge in [-0.05, 0) is 101 Å². The van der Waals surface area contributed by atoms with Crippen LogP contribution in [0.3, 0.4) is 0 Å². The monoisotopic (exact) mass is 628 g/mol. The maximum absolute atomic E-state index is 2.48. The maximum Gasteiger partial charge on any atom is 0.0361 e. The molecular formula is C47H32S. The van der Waals surface area contributed by atoms with Crippen LogP contribution in [0, 0.1) is 0 Å². The zero-order valence-electron chi connectivity index (χ0n) is 26.9. The predicted molar refractivity (Wildman–Crippen MR) is 208 cm³/mol. The Morgan fingerprint density at radius 1 is 0.354 bits per heavy atom. The van der Waals surface area contributed by atoms with Crippen LogP contribution in [0.15, 0.2) is 158 Å². The molecule has 0 spiro atoms. The number of rotatable bonds is 3. The molecule has 1 aliphatic rings. The van der Waals surface area contributed by atoms with Gasteiger partial charge in [0.15, 0.2) is 0 Å². The van der Waals surface area contributed by atoms with Crippen molar-refractivity contribution in [3.63, 3.8) is 0 Å². The highest BCUT2D eigenvalue weighted by Gasteiger charge is 2.35. The highest BCUT2D eigenvalue weighted by molar-refractivity contribution is 7.25. The largest absolute Gasteiger partial charge is 0.135 e. The fraction of sp³-hybridized carbons (Fsp3) is 0.0638. The second-order valence-corrected chi connectivity index (χ2v) is 14.7. The summed E-state index contributed by atoms with van der Waals surface area (Å²) in [5, 5.41) is 7.85. The first kappa shape index (κ1) is 27.6. The van der Waals surface area contributed by atoms with Crippen molar-refractivity contribution in [1.29, 1.82) is 0 Å². The molecule has 9 aromatic rings. The Morgan fingerprint density at radius 3 is 1.54 bits per heavy atom. The van der Waals surface area contributed by atoms with Gasteiger partial charge in [0, 0.05) is 25.6 Å². The lowest BCUT2D eigenvalue weighted by atomic mass is 9.82. The van der Waals surface area contributed by atoms with Crippen molar-refractivity contribution in [2.75, 3.05) is 0 Å². The summed E-state index contributed by atoms with van der Waals surface area (Å²) in [4.78, 5) is 0. The summed E-state index contributed by atoms with van der Waals surface area (Å²) in [6.07, 6.45) is 0. The van der Waals surface area contributed by atoms with Crippen LogP contribution in [0.1, 0.15) is 25.0 Å². The quantitative estimate of drug-likeness (QED) is 0.171. The molecule has 0 saturated heterocycles. The lowest BCUT2D eigenvalue weighted by molar-refractivity contribution is 0.661. The molecule has 1 heteroatoms. The molecule has 0 saturated carbocycles. The van der Waals surface area contributed by atoms with Crippen molar-refractivity contribution in [1.82, 2.24) is 0 Å². The van der Waals surface area contributed by atoms with Crippen molar-refractivity contribution in [3.05, 3.63) is 169 Å². The molecule has 10 rings (SSSR count). The minimum atomic E-state index is -0.00450. The van der Waals surface area contributed by atoms with Gasteiger partial charge in [-0.25, -0.2) is 0 Å². The van der Waals surface area contributed by atoms with Crippen molar-refractivity contribution < 1.29 is 0 Å². The van der Waals surface area contributed by atoms with E-state index < -0.39 is 0 Å². The number of benzene rings is 8. The summed E-state index contributed by atoms with van der Waals surface area (Å²) in [5.41, 5.74) is 13.2. The van der Waals surface area contributed by atoms with Gasteiger partial charge in [-0.3, -0.25) is 0 Å². The SMILES string of the molecule is CC1(C)c2ccccc2-c2cc3sc4ccc(-c5ccc(-c6c7ccccc7c(-c7ccccc7)c7ccccc67)cc5)cc4c3cc21. The average molecular weight is 629 g/mol. The highest BCUT2D eigenvalue weighted by Crippen LogP contribution is 2.51. The van der Waals surface area contributed by atoms with E-state index in [0.29, 0.717) is 0 Å². The van der Waals surface area contributed by atoms with E-state index in [9.17, 15) is 0 Å². The van der Waals surface area contributed by atoms with Gasteiger partial charge in [-0.15, -0.1) is 11.3 Å². The van der Waals surface area contributed by atoms with Gasteiger partial charge in [-0.1, -0.05) is 147 Å². The number of thiophene rings is 1. The van der Waals surface area contributed by atoms with E-state index in [0.717, 1.165) is 0 Å². The van der Waals surface area contributed by atoms with Crippen LogP contribution >= 0.6 is 11.3 Å². The summed E-state index contributed by atoms with van der Waals surface area (Å²) in [6, 6.07) is 58.7. The molecule has 8 aromatic carbocycles. The van der Waals surface area contributed by atoms with E-state index in [2.05, 4.69) is 172 Å². The molecule has 1 aliphatic carbocycles. The Morgan fingerprint density at radius 2 is 0.875 bits per heavy atom. The van der Waals surface area contributed by atoms with Gasteiger partial charge >= 0.3 is 0 Å². The number of hydrogen-bond donors (Lipinski definition) is 0. The van der Waals surface area contributed by atoms with E-state index in [1.165, 1.54) is 97.4 Å². The molecule has 0 bridgehead atoms. The van der Waals surface area contributed by atoms with Gasteiger partial charge < -0.3 is 0 Å². The molecule has 0 radical (unpaired) electrons. The van der Waals surface area contributed by atoms with Crippen LogP contribution in [0.4, 0.5) is 0 Å². The molecule has 48 heavy (non-hydrogen) atoms. The fourth-order valence-electron chi connectivity index (χ4n) is 8.33. The summed E-state index contributed by atoms with van der Waals surface area (Å²) in [5.74, 6) is 0. The Kier molecular flexibility index (Phi) is 5.89. The predicted octanol–water partition coefficient (Wildman–Crippen LogP) is 13.7. The van der Waals surface area contributed by atoms with Crippen LogP contribution in [0.5, 0.6) is 0 Å². The normalized spacial score (nSPS) is 13.4. The van der Waals surface area contributed by atoms with Crippen molar-refractivity contribution >= 4 is 53.1 Å². The second kappa shape index (κ2) is 10.2. The van der Waals surface area contributed by atoms with E-state index in [1.807, 2.05) is 11.3 Å². The van der Waals surface area contributed by atoms with E-state index in [-0.39, 0.29) is 5.41 Å². The Labute approximate surface area is 284 Å². The Hall–Kier alpha value is -5.50. The topological polar surface area (TPSA) is 0 Å². The third-order valence-corrected chi connectivity index (χ3v) is 11.8. The van der Waals surface area contributed by atoms with Crippen molar-refractivity contribution in [2.45, 2.75) is 19.3 Å². The summed E-state index contributed by atoms with van der Waals surface area (Å²) >= 11 is 1.91. The van der Waals surface area contributed by atoms with E-state index in [4.69, 9.17) is 0 Å². The lowest BCUT2D eigenvalue weighted by Gasteiger charge is -2.21. The fourth-order valence-corrected chi connectivity index (χ4v) is 9.44. The van der Waals surface area contributed by atoms with Gasteiger partial charge in [0.2, 0.25) is 0 Å². The standard InChI is InChI=1S/C47H32S/c1-47(2)41-19-11-10-14-33(41)38-28-44-40(27-42(38)47)39-26-32(24-25-43(39)48-44)29-20-22-31(23-21-29)46-36-17-8-6-15-34(36)45(30-12-4-3-5-13-30)35-16-7-9-18-37(35)46/h3-28H,1-2H3. The Balaban J connectivity index is 1.10. The molecular weight excluding hydrogens is 597 g/mol. The Bertz CT molecular complexity index is 2670. The van der Waals surface area contributed by atoms with Crippen molar-refractivity contribution in [2.24, 2.45) is 0 Å². The van der Waals surface area contributed by atoms with Gasteiger partial charge in [0.1, 0.15) is 0 Å². The third kappa shape index (κ3) is 3.95. The first-order chi connectivity index (χ1) is 23.6. The average Bonchev–Trinajstić information content (AvgIpc) is 3.61. The third-order valence-electron chi connectivity index (χ3n) is 10.7. The van der Waals surface area contributed by atoms with Crippen LogP contribution in [0.2, 0.25) is 0 Å². The molecule has 0 amide bonds. The van der Waals surface area contributed by atoms with Crippen LogP contribution in [-0.2, 0) is 5.41 Å². The maximum atomic E-state index is 2.48. The van der Waals surface area contributed by atoms with Gasteiger partial charge in [-0.2, -0.15) is 0 Å². The minimum Gasteiger partial charge on any atom is -0.135 e. The highest BCUT2D eigenvalue weighted by atomic mass is 32.1. The molecule has 0 nitrogen and oxygen atoms in total. The van der Waals surface area contributed by atoms with Gasteiger partial charge in [0.25, 0.3) is 0 Å². The molecule has 0 fully saturated rings. The summed E-state index contributed by atoms with van der Waals surface area (Å²) in [6.45, 7) is 4.74. The summed E-state index contributed by atoms with van der Waals surface area (Å²) < 4.78 is 2.71. The van der Waals surface area contributed by atoms with Crippen LogP contribution < -0.4 is 0 Å². The summed E-state index contributed by atoms with van der Waals surface area (Å²) in [7, 11) is 0. The molecule has 1 aromatic heterocycles. The van der Waals surface area contributed by atoms with Crippen molar-refractivity contribution in [3.8, 4) is 44.5 Å². The van der Waals surface area contributed by atoms with Crippen LogP contribution in [0.25, 0.3) is 86.2 Å². The zero-order chi connectivity index (χ0) is 32.0. The zero-order valence-corrected chi connectivity index (χ0v) is 27.7. The number of fused-ring (bicyclic) bond motifs is 8. The first-order valence-corrected chi connectivity index (χ1v) is 17.6. The molecule has 226 valence electrons. The molecule has 0 atom stereocenters. The molecule has 0 aliphatic heterocycles. The molecule has 0 unspecified atom stereocenters.